The molecule has 0 atom stereocenters. The smallest absolute Gasteiger partial charge is 0.317 e. The second-order valence-corrected chi connectivity index (χ2v) is 24.6. The van der Waals surface area contributed by atoms with Gasteiger partial charge in [0.1, 0.15) is 0 Å². The minimum atomic E-state index is -3.38. The van der Waals surface area contributed by atoms with Gasteiger partial charge < -0.3 is 4.18 Å². The molecule has 0 amide bonds. The molecule has 0 saturated heterocycles. The molecule has 0 unspecified atom stereocenters. The van der Waals surface area contributed by atoms with Gasteiger partial charge in [0.05, 0.1) is 0 Å². The molecule has 2 nitrogen and oxygen atoms in total. The van der Waals surface area contributed by atoms with Crippen LogP contribution in [0.5, 0.6) is 0 Å². The maximum Gasteiger partial charge on any atom is 0.317 e. The molecule has 15 aromatic carbocycles. The highest BCUT2D eigenvalue weighted by Crippen LogP contribution is 2.77. The Hall–Kier alpha value is -10.3. The number of benzene rings is 15. The van der Waals surface area contributed by atoms with Crippen LogP contribution in [0.25, 0.3) is 131 Å². The maximum atomic E-state index is 16.1. The summed E-state index contributed by atoms with van der Waals surface area (Å²) in [4.78, 5) is 18.9. The van der Waals surface area contributed by atoms with Crippen LogP contribution in [0.4, 0.5) is 0 Å². The van der Waals surface area contributed by atoms with Gasteiger partial charge in [-0.05, 0) is 185 Å². The Morgan fingerprint density at radius 2 is 0.529 bits per heavy atom. The first kappa shape index (κ1) is 51.6. The fourth-order valence-corrected chi connectivity index (χ4v) is 17.0. The molecule has 0 spiro atoms. The molecule has 0 aliphatic rings. The lowest BCUT2D eigenvalue weighted by atomic mass is 9.88. The Labute approximate surface area is 497 Å². The lowest BCUT2D eigenvalue weighted by molar-refractivity contribution is -0.133. The third kappa shape index (κ3) is 8.95. The first-order valence-corrected chi connectivity index (χ1v) is 31.0. The summed E-state index contributed by atoms with van der Waals surface area (Å²) in [6, 6.07) is 113. The van der Waals surface area contributed by atoms with Crippen molar-refractivity contribution in [3.8, 4) is 66.8 Å². The van der Waals surface area contributed by atoms with E-state index in [4.69, 9.17) is 4.18 Å². The average molecular weight is 1110 g/mol. The highest BCUT2D eigenvalue weighted by Gasteiger charge is 2.45. The summed E-state index contributed by atoms with van der Waals surface area (Å²) in [7, 11) is -3.38. The highest BCUT2D eigenvalue weighted by atomic mass is 32.3. The Morgan fingerprint density at radius 3 is 0.824 bits per heavy atom. The second-order valence-electron chi connectivity index (χ2n) is 22.0. The van der Waals surface area contributed by atoms with Crippen LogP contribution >= 0.6 is 10.3 Å². The summed E-state index contributed by atoms with van der Waals surface area (Å²) in [5.74, 6) is -0.266. The van der Waals surface area contributed by atoms with E-state index >= 15 is 4.79 Å². The van der Waals surface area contributed by atoms with Crippen molar-refractivity contribution in [1.29, 1.82) is 0 Å². The monoisotopic (exact) mass is 1110 g/mol. The molecule has 0 aliphatic carbocycles. The SMILES string of the molecule is CCCC(=O)OS(c1ccccc1)(c1c(-c2cccc3ccccc23)cc(-c2cccc3ccccc23)cc1-c1cccc2ccccc12)c1c(-c2cccc3ccccc23)cc(-c2cccc3ccccc23)cc1-c1cccc2ccccc12. The van der Waals surface area contributed by atoms with Crippen LogP contribution in [0, 0.1) is 0 Å². The minimum absolute atomic E-state index is 0.212. The van der Waals surface area contributed by atoms with Gasteiger partial charge in [-0.15, -0.1) is 0 Å². The van der Waals surface area contributed by atoms with E-state index < -0.39 is 10.3 Å². The molecule has 0 N–H and O–H groups in total. The van der Waals surface area contributed by atoms with E-state index in [1.807, 2.05) is 0 Å². The number of carbonyl (C=O) groups is 1. The number of hydrogen-bond acceptors (Lipinski definition) is 2. The highest BCUT2D eigenvalue weighted by molar-refractivity contribution is 8.30. The Bertz CT molecular complexity index is 4570. The fraction of sp³-hybridized carbons (Fsp3) is 0.0366. The Kier molecular flexibility index (Phi) is 13.2. The summed E-state index contributed by atoms with van der Waals surface area (Å²) in [6.07, 6.45) is 0.812. The number of carbonyl (C=O) groups excluding carboxylic acids is 1. The number of rotatable bonds is 12. The molecule has 0 saturated carbocycles. The van der Waals surface area contributed by atoms with Crippen LogP contribution in [0.1, 0.15) is 19.8 Å². The second kappa shape index (κ2) is 21.8. The van der Waals surface area contributed by atoms with Crippen LogP contribution in [-0.2, 0) is 8.98 Å². The molecule has 0 heterocycles. The van der Waals surface area contributed by atoms with Gasteiger partial charge in [0, 0.05) is 21.1 Å². The molecule has 0 radical (unpaired) electrons. The third-order valence-corrected chi connectivity index (χ3v) is 20.4. The normalized spacial score (nSPS) is 11.9. The van der Waals surface area contributed by atoms with Gasteiger partial charge in [0.2, 0.25) is 0 Å². The predicted molar refractivity (Wildman–Crippen MR) is 360 cm³/mol. The molecular formula is C82H58O2S. The van der Waals surface area contributed by atoms with Crippen molar-refractivity contribution in [3.63, 3.8) is 0 Å². The van der Waals surface area contributed by atoms with Gasteiger partial charge in [-0.1, -0.05) is 280 Å². The fourth-order valence-electron chi connectivity index (χ4n) is 13.3. The van der Waals surface area contributed by atoms with E-state index in [9.17, 15) is 0 Å². The number of hydrogen-bond donors (Lipinski definition) is 0. The van der Waals surface area contributed by atoms with Crippen molar-refractivity contribution in [2.24, 2.45) is 0 Å². The standard InChI is InChI=1S/C82H58O2S/c1-2-24-80(83)84-85(63-37-4-3-5-38-63,81-76(72-47-20-33-57-27-8-14-41-66(57)72)51-61(70-45-18-31-55-25-6-12-39-64(55)70)52-77(81)73-48-21-34-58-28-9-15-42-67(58)73)82-78(74-49-22-35-59-29-10-16-43-68(59)74)53-62(71-46-19-32-56-26-7-13-40-65(56)71)54-79(82)75-50-23-36-60-30-11-17-44-69(60)75/h3-23,25-54H,2,24H2,1H3. The molecule has 3 heteroatoms. The van der Waals surface area contributed by atoms with Crippen LogP contribution in [0.3, 0.4) is 0 Å². The van der Waals surface area contributed by atoms with E-state index in [1.54, 1.807) is 0 Å². The molecule has 15 aromatic rings. The first-order chi connectivity index (χ1) is 42.0. The minimum Gasteiger partial charge on any atom is -0.402 e. The molecule has 85 heavy (non-hydrogen) atoms. The van der Waals surface area contributed by atoms with E-state index in [0.29, 0.717) is 6.42 Å². The van der Waals surface area contributed by atoms with Crippen LogP contribution < -0.4 is 0 Å². The molecular weight excluding hydrogens is 1050 g/mol. The summed E-state index contributed by atoms with van der Waals surface area (Å²) < 4.78 is 8.21. The van der Waals surface area contributed by atoms with E-state index in [-0.39, 0.29) is 12.4 Å². The Morgan fingerprint density at radius 1 is 0.282 bits per heavy atom. The van der Waals surface area contributed by atoms with Crippen molar-refractivity contribution in [1.82, 2.24) is 0 Å². The quantitative estimate of drug-likeness (QED) is 0.122. The largest absolute Gasteiger partial charge is 0.402 e. The number of fused-ring (bicyclic) bond motifs is 6. The average Bonchev–Trinajstić information content (AvgIpc) is 0.795. The van der Waals surface area contributed by atoms with Gasteiger partial charge in [0.15, 0.2) is 0 Å². The predicted octanol–water partition coefficient (Wildman–Crippen LogP) is 23.1. The van der Waals surface area contributed by atoms with Crippen LogP contribution in [-0.4, -0.2) is 5.97 Å². The molecule has 0 aromatic heterocycles. The van der Waals surface area contributed by atoms with E-state index in [2.05, 4.69) is 316 Å². The van der Waals surface area contributed by atoms with Crippen molar-refractivity contribution in [3.05, 3.63) is 309 Å². The van der Waals surface area contributed by atoms with Crippen molar-refractivity contribution in [2.75, 3.05) is 0 Å². The zero-order chi connectivity index (χ0) is 56.8. The lowest BCUT2D eigenvalue weighted by Gasteiger charge is -2.45. The summed E-state index contributed by atoms with van der Waals surface area (Å²) in [5, 5.41) is 13.5. The molecule has 15 rings (SSSR count). The van der Waals surface area contributed by atoms with Crippen molar-refractivity contribution < 1.29 is 8.98 Å². The Balaban J connectivity index is 1.24. The first-order valence-electron chi connectivity index (χ1n) is 29.4. The van der Waals surface area contributed by atoms with Crippen molar-refractivity contribution in [2.45, 2.75) is 34.5 Å². The van der Waals surface area contributed by atoms with E-state index in [0.717, 1.165) is 146 Å². The van der Waals surface area contributed by atoms with Gasteiger partial charge in [0.25, 0.3) is 0 Å². The zero-order valence-electron chi connectivity index (χ0n) is 47.1. The summed E-state index contributed by atoms with van der Waals surface area (Å²) in [5.41, 5.74) is 12.5. The van der Waals surface area contributed by atoms with Gasteiger partial charge in [-0.25, -0.2) is 0 Å². The summed E-state index contributed by atoms with van der Waals surface area (Å²) in [6.45, 7) is 2.07. The van der Waals surface area contributed by atoms with Crippen LogP contribution in [0.2, 0.25) is 0 Å². The zero-order valence-corrected chi connectivity index (χ0v) is 47.9. The van der Waals surface area contributed by atoms with Gasteiger partial charge >= 0.3 is 5.97 Å². The molecule has 404 valence electrons. The van der Waals surface area contributed by atoms with Crippen LogP contribution in [0.15, 0.2) is 324 Å². The van der Waals surface area contributed by atoms with Gasteiger partial charge in [-0.2, -0.15) is 0 Å². The van der Waals surface area contributed by atoms with E-state index in [1.165, 1.54) is 0 Å². The lowest BCUT2D eigenvalue weighted by Crippen LogP contribution is -2.17. The maximum absolute atomic E-state index is 16.1. The molecule has 0 aliphatic heterocycles. The topological polar surface area (TPSA) is 26.3 Å². The van der Waals surface area contributed by atoms with Gasteiger partial charge in [-0.3, -0.25) is 4.79 Å². The van der Waals surface area contributed by atoms with Crippen molar-refractivity contribution >= 4 is 80.9 Å². The molecule has 0 bridgehead atoms. The summed E-state index contributed by atoms with van der Waals surface area (Å²) >= 11 is 0. The molecule has 0 fully saturated rings. The third-order valence-electron chi connectivity index (χ3n) is 17.0.